The highest BCUT2D eigenvalue weighted by molar-refractivity contribution is 7.04. The van der Waals surface area contributed by atoms with Crippen LogP contribution in [0.25, 0.3) is 11.1 Å². The second kappa shape index (κ2) is 11.0. The Labute approximate surface area is 198 Å². The number of aliphatic hydroxyl groups excluding tert-OH is 1. The van der Waals surface area contributed by atoms with E-state index in [9.17, 15) is 0 Å². The maximum atomic E-state index is 9.13. The molecule has 3 aromatic carbocycles. The molecule has 5 nitrogen and oxygen atoms in total. The van der Waals surface area contributed by atoms with E-state index in [1.807, 2.05) is 24.3 Å². The molecule has 170 valence electrons. The highest BCUT2D eigenvalue weighted by atomic mass is 32.1. The second-order valence-corrected chi connectivity index (χ2v) is 8.45. The minimum Gasteiger partial charge on any atom is -0.497 e. The van der Waals surface area contributed by atoms with E-state index < -0.39 is 0 Å². The van der Waals surface area contributed by atoms with Crippen molar-refractivity contribution in [2.45, 2.75) is 19.4 Å². The van der Waals surface area contributed by atoms with Crippen molar-refractivity contribution in [3.63, 3.8) is 0 Å². The van der Waals surface area contributed by atoms with Gasteiger partial charge in [-0.05, 0) is 29.6 Å². The Hall–Kier alpha value is -3.35. The molecule has 4 rings (SSSR count). The third kappa shape index (κ3) is 5.92. The van der Waals surface area contributed by atoms with Crippen LogP contribution < -0.4 is 14.8 Å². The highest BCUT2D eigenvalue weighted by Crippen LogP contribution is 2.33. The standard InChI is InChI=1S/C27H28N2O3S/c1-19-8-10-21(11-9-19)26(17-27-25(18-33-29-27)20-6-4-3-5-7-20)28-22-14-23(31-2)16-24(15-22)32-13-12-30/h3-11,14-16,18,26,28,30H,12-13,17H2,1-2H3. The molecule has 4 aromatic rings. The number of aliphatic hydroxyl groups is 1. The van der Waals surface area contributed by atoms with Gasteiger partial charge < -0.3 is 19.9 Å². The number of benzene rings is 3. The van der Waals surface area contributed by atoms with Crippen LogP contribution in [0.2, 0.25) is 0 Å². The predicted molar refractivity (Wildman–Crippen MR) is 134 cm³/mol. The summed E-state index contributed by atoms with van der Waals surface area (Å²) < 4.78 is 15.8. The molecule has 1 heterocycles. The summed E-state index contributed by atoms with van der Waals surface area (Å²) in [5.74, 6) is 1.33. The molecule has 6 heteroatoms. The van der Waals surface area contributed by atoms with E-state index >= 15 is 0 Å². The first kappa shape index (κ1) is 22.8. The van der Waals surface area contributed by atoms with Crippen LogP contribution in [0.5, 0.6) is 11.5 Å². The zero-order valence-electron chi connectivity index (χ0n) is 18.8. The van der Waals surface area contributed by atoms with E-state index in [1.54, 1.807) is 7.11 Å². The van der Waals surface area contributed by atoms with Crippen LogP contribution in [-0.4, -0.2) is 29.8 Å². The minimum absolute atomic E-state index is 0.00652. The highest BCUT2D eigenvalue weighted by Gasteiger charge is 2.18. The van der Waals surface area contributed by atoms with Crippen molar-refractivity contribution in [3.05, 3.63) is 95.0 Å². The van der Waals surface area contributed by atoms with Crippen molar-refractivity contribution < 1.29 is 14.6 Å². The van der Waals surface area contributed by atoms with E-state index in [0.29, 0.717) is 11.5 Å². The predicted octanol–water partition coefficient (Wildman–Crippen LogP) is 5.89. The summed E-state index contributed by atoms with van der Waals surface area (Å²) >= 11 is 1.48. The van der Waals surface area contributed by atoms with E-state index in [2.05, 4.69) is 66.2 Å². The Morgan fingerprint density at radius 1 is 1.00 bits per heavy atom. The molecule has 0 aliphatic rings. The molecule has 0 aliphatic carbocycles. The van der Waals surface area contributed by atoms with Gasteiger partial charge in [0.25, 0.3) is 0 Å². The van der Waals surface area contributed by atoms with E-state index in [-0.39, 0.29) is 19.3 Å². The number of hydrogen-bond acceptors (Lipinski definition) is 6. The molecule has 0 bridgehead atoms. The lowest BCUT2D eigenvalue weighted by atomic mass is 9.97. The van der Waals surface area contributed by atoms with Crippen LogP contribution in [0, 0.1) is 6.92 Å². The molecule has 0 saturated carbocycles. The van der Waals surface area contributed by atoms with Crippen molar-refractivity contribution in [2.75, 3.05) is 25.6 Å². The largest absolute Gasteiger partial charge is 0.497 e. The summed E-state index contributed by atoms with van der Waals surface area (Å²) in [6.45, 7) is 2.28. The fourth-order valence-electron chi connectivity index (χ4n) is 3.72. The molecule has 1 unspecified atom stereocenters. The summed E-state index contributed by atoms with van der Waals surface area (Å²) in [7, 11) is 1.63. The number of hydrogen-bond donors (Lipinski definition) is 2. The number of nitrogens with one attached hydrogen (secondary N) is 1. The van der Waals surface area contributed by atoms with Crippen LogP contribution in [0.3, 0.4) is 0 Å². The molecular formula is C27H28N2O3S. The lowest BCUT2D eigenvalue weighted by molar-refractivity contribution is 0.201. The molecule has 0 radical (unpaired) electrons. The first-order valence-electron chi connectivity index (χ1n) is 10.9. The maximum Gasteiger partial charge on any atom is 0.125 e. The molecule has 0 spiro atoms. The Morgan fingerprint density at radius 3 is 2.48 bits per heavy atom. The lowest BCUT2D eigenvalue weighted by Crippen LogP contribution is -2.15. The zero-order valence-corrected chi connectivity index (χ0v) is 19.6. The van der Waals surface area contributed by atoms with Crippen LogP contribution in [0.1, 0.15) is 22.9 Å². The fourth-order valence-corrected chi connectivity index (χ4v) is 4.46. The summed E-state index contributed by atoms with van der Waals surface area (Å²) in [5.41, 5.74) is 6.67. The monoisotopic (exact) mass is 460 g/mol. The summed E-state index contributed by atoms with van der Waals surface area (Å²) in [6.07, 6.45) is 0.723. The number of ether oxygens (including phenoxy) is 2. The maximum absolute atomic E-state index is 9.13. The summed E-state index contributed by atoms with van der Waals surface area (Å²) in [4.78, 5) is 0. The van der Waals surface area contributed by atoms with Crippen LogP contribution in [0.4, 0.5) is 5.69 Å². The normalized spacial score (nSPS) is 11.7. The first-order chi connectivity index (χ1) is 16.2. The third-order valence-corrected chi connectivity index (χ3v) is 6.09. The summed E-state index contributed by atoms with van der Waals surface area (Å²) in [5, 5.41) is 14.9. The van der Waals surface area contributed by atoms with Crippen LogP contribution in [0.15, 0.2) is 78.2 Å². The van der Waals surface area contributed by atoms with Gasteiger partial charge in [-0.2, -0.15) is 4.37 Å². The van der Waals surface area contributed by atoms with Crippen molar-refractivity contribution in [1.82, 2.24) is 4.37 Å². The van der Waals surface area contributed by atoms with Gasteiger partial charge in [-0.15, -0.1) is 0 Å². The van der Waals surface area contributed by atoms with E-state index in [1.165, 1.54) is 28.2 Å². The Balaban J connectivity index is 1.66. The van der Waals surface area contributed by atoms with Gasteiger partial charge in [0, 0.05) is 41.3 Å². The van der Waals surface area contributed by atoms with E-state index in [0.717, 1.165) is 23.4 Å². The molecule has 0 aliphatic heterocycles. The van der Waals surface area contributed by atoms with Crippen molar-refractivity contribution in [3.8, 4) is 22.6 Å². The molecule has 1 aromatic heterocycles. The molecule has 0 fully saturated rings. The molecule has 2 N–H and O–H groups in total. The van der Waals surface area contributed by atoms with Gasteiger partial charge in [0.2, 0.25) is 0 Å². The summed E-state index contributed by atoms with van der Waals surface area (Å²) in [6, 6.07) is 24.6. The van der Waals surface area contributed by atoms with Crippen molar-refractivity contribution in [2.24, 2.45) is 0 Å². The lowest BCUT2D eigenvalue weighted by Gasteiger charge is -2.22. The quantitative estimate of drug-likeness (QED) is 0.309. The zero-order chi connectivity index (χ0) is 23.0. The number of aromatic nitrogens is 1. The van der Waals surface area contributed by atoms with Gasteiger partial charge in [-0.25, -0.2) is 0 Å². The Kier molecular flexibility index (Phi) is 7.60. The molecule has 1 atom stereocenters. The fraction of sp³-hybridized carbons (Fsp3) is 0.222. The van der Waals surface area contributed by atoms with Gasteiger partial charge in [-0.3, -0.25) is 0 Å². The van der Waals surface area contributed by atoms with Crippen LogP contribution >= 0.6 is 11.5 Å². The van der Waals surface area contributed by atoms with Gasteiger partial charge >= 0.3 is 0 Å². The van der Waals surface area contributed by atoms with Gasteiger partial charge in [-0.1, -0.05) is 60.2 Å². The third-order valence-electron chi connectivity index (χ3n) is 5.42. The topological polar surface area (TPSA) is 63.6 Å². The SMILES string of the molecule is COc1cc(NC(Cc2nscc2-c2ccccc2)c2ccc(C)cc2)cc(OCCO)c1. The first-order valence-corrected chi connectivity index (χ1v) is 11.7. The van der Waals surface area contributed by atoms with Crippen molar-refractivity contribution in [1.29, 1.82) is 0 Å². The molecule has 33 heavy (non-hydrogen) atoms. The second-order valence-electron chi connectivity index (χ2n) is 7.82. The molecule has 0 saturated heterocycles. The number of aryl methyl sites for hydroxylation is 1. The van der Waals surface area contributed by atoms with Gasteiger partial charge in [0.05, 0.1) is 25.5 Å². The smallest absolute Gasteiger partial charge is 0.125 e. The molecular weight excluding hydrogens is 432 g/mol. The number of nitrogens with zero attached hydrogens (tertiary/aromatic N) is 1. The van der Waals surface area contributed by atoms with E-state index in [4.69, 9.17) is 19.0 Å². The Morgan fingerprint density at radius 2 is 1.76 bits per heavy atom. The van der Waals surface area contributed by atoms with Crippen molar-refractivity contribution >= 4 is 17.2 Å². The Bertz CT molecular complexity index is 1160. The number of methoxy groups -OCH3 is 1. The van der Waals surface area contributed by atoms with Gasteiger partial charge in [0.1, 0.15) is 18.1 Å². The average Bonchev–Trinajstić information content (AvgIpc) is 3.31. The molecule has 0 amide bonds. The average molecular weight is 461 g/mol. The minimum atomic E-state index is -0.0436. The number of rotatable bonds is 10. The van der Waals surface area contributed by atoms with Gasteiger partial charge in [0.15, 0.2) is 0 Å². The van der Waals surface area contributed by atoms with Crippen LogP contribution in [-0.2, 0) is 6.42 Å². The number of anilines is 1.